The monoisotopic (exact) mass is 198 g/mol. The molecule has 2 unspecified atom stereocenters. The van der Waals surface area contributed by atoms with Crippen molar-refractivity contribution in [1.82, 2.24) is 0 Å². The molecule has 1 heterocycles. The molecule has 14 heavy (non-hydrogen) atoms. The van der Waals surface area contributed by atoms with Crippen LogP contribution in [0.5, 0.6) is 0 Å². The molecule has 0 amide bonds. The van der Waals surface area contributed by atoms with Crippen LogP contribution in [-0.2, 0) is 9.47 Å². The first kappa shape index (κ1) is 11.7. The van der Waals surface area contributed by atoms with Crippen molar-refractivity contribution in [2.75, 3.05) is 7.11 Å². The lowest BCUT2D eigenvalue weighted by molar-refractivity contribution is 0.0950. The van der Waals surface area contributed by atoms with Gasteiger partial charge in [-0.25, -0.2) is 0 Å². The third-order valence-electron chi connectivity index (χ3n) is 2.67. The molecule has 2 atom stereocenters. The average molecular weight is 198 g/mol. The van der Waals surface area contributed by atoms with Crippen LogP contribution in [0.3, 0.4) is 0 Å². The SMILES string of the molecule is C=CCCCCCCCC1OC1OC. The highest BCUT2D eigenvalue weighted by molar-refractivity contribution is 4.75. The third-order valence-corrected chi connectivity index (χ3v) is 2.67. The summed E-state index contributed by atoms with van der Waals surface area (Å²) in [6.45, 7) is 3.71. The van der Waals surface area contributed by atoms with Gasteiger partial charge in [-0.05, 0) is 19.3 Å². The molecule has 0 aromatic heterocycles. The fraction of sp³-hybridized carbons (Fsp3) is 0.833. The summed E-state index contributed by atoms with van der Waals surface area (Å²) in [4.78, 5) is 0. The molecule has 1 rings (SSSR count). The fourth-order valence-corrected chi connectivity index (χ4v) is 1.70. The summed E-state index contributed by atoms with van der Waals surface area (Å²) in [5, 5.41) is 0. The van der Waals surface area contributed by atoms with Gasteiger partial charge in [-0.2, -0.15) is 0 Å². The first-order valence-corrected chi connectivity index (χ1v) is 5.67. The average Bonchev–Trinajstić information content (AvgIpc) is 2.95. The van der Waals surface area contributed by atoms with Crippen LogP contribution in [0.4, 0.5) is 0 Å². The van der Waals surface area contributed by atoms with Crippen molar-refractivity contribution in [2.24, 2.45) is 0 Å². The van der Waals surface area contributed by atoms with Gasteiger partial charge in [-0.15, -0.1) is 6.58 Å². The predicted octanol–water partition coefficient (Wildman–Crippen LogP) is 3.27. The molecule has 0 aliphatic carbocycles. The molecular weight excluding hydrogens is 176 g/mol. The summed E-state index contributed by atoms with van der Waals surface area (Å²) in [6.07, 6.45) is 11.4. The molecular formula is C12H22O2. The van der Waals surface area contributed by atoms with E-state index in [9.17, 15) is 0 Å². The molecule has 2 heteroatoms. The summed E-state index contributed by atoms with van der Waals surface area (Å²) in [5.74, 6) is 0. The number of epoxide rings is 1. The first-order chi connectivity index (χ1) is 6.88. The lowest BCUT2D eigenvalue weighted by atomic mass is 10.1. The maximum absolute atomic E-state index is 5.28. The van der Waals surface area contributed by atoms with Gasteiger partial charge >= 0.3 is 0 Å². The molecule has 0 saturated carbocycles. The van der Waals surface area contributed by atoms with E-state index in [2.05, 4.69) is 6.58 Å². The number of hydrogen-bond acceptors (Lipinski definition) is 2. The van der Waals surface area contributed by atoms with Gasteiger partial charge in [0.05, 0.1) is 0 Å². The second-order valence-electron chi connectivity index (χ2n) is 3.91. The molecule has 0 spiro atoms. The Bertz CT molecular complexity index is 156. The van der Waals surface area contributed by atoms with E-state index in [-0.39, 0.29) is 6.29 Å². The van der Waals surface area contributed by atoms with E-state index in [4.69, 9.17) is 9.47 Å². The zero-order valence-corrected chi connectivity index (χ0v) is 9.21. The van der Waals surface area contributed by atoms with Gasteiger partial charge in [-0.3, -0.25) is 0 Å². The number of rotatable bonds is 9. The molecule has 0 bridgehead atoms. The topological polar surface area (TPSA) is 21.8 Å². The van der Waals surface area contributed by atoms with E-state index in [1.54, 1.807) is 7.11 Å². The van der Waals surface area contributed by atoms with Crippen LogP contribution in [0.25, 0.3) is 0 Å². The minimum Gasteiger partial charge on any atom is -0.353 e. The number of allylic oxidation sites excluding steroid dienone is 1. The number of methoxy groups -OCH3 is 1. The van der Waals surface area contributed by atoms with Gasteiger partial charge in [0.1, 0.15) is 6.10 Å². The van der Waals surface area contributed by atoms with Crippen LogP contribution in [0, 0.1) is 0 Å². The molecule has 0 radical (unpaired) electrons. The molecule has 0 aromatic carbocycles. The van der Waals surface area contributed by atoms with Crippen molar-refractivity contribution in [3.63, 3.8) is 0 Å². The highest BCUT2D eigenvalue weighted by Crippen LogP contribution is 2.27. The minimum atomic E-state index is 0.107. The maximum atomic E-state index is 5.28. The van der Waals surface area contributed by atoms with Crippen molar-refractivity contribution in [1.29, 1.82) is 0 Å². The normalized spacial score (nSPS) is 24.9. The van der Waals surface area contributed by atoms with Gasteiger partial charge < -0.3 is 9.47 Å². The van der Waals surface area contributed by atoms with Crippen molar-refractivity contribution >= 4 is 0 Å². The molecule has 82 valence electrons. The smallest absolute Gasteiger partial charge is 0.184 e. The highest BCUT2D eigenvalue weighted by atomic mass is 16.8. The Kier molecular flexibility index (Phi) is 5.88. The Balaban J connectivity index is 1.74. The Morgan fingerprint density at radius 2 is 1.93 bits per heavy atom. The van der Waals surface area contributed by atoms with Gasteiger partial charge in [0.2, 0.25) is 0 Å². The van der Waals surface area contributed by atoms with Crippen molar-refractivity contribution in [2.45, 2.75) is 57.3 Å². The lowest BCUT2D eigenvalue weighted by Gasteiger charge is -1.98. The van der Waals surface area contributed by atoms with Crippen molar-refractivity contribution in [3.8, 4) is 0 Å². The van der Waals surface area contributed by atoms with Gasteiger partial charge in [0.15, 0.2) is 6.29 Å². The largest absolute Gasteiger partial charge is 0.353 e. The molecule has 1 aliphatic rings. The molecule has 2 nitrogen and oxygen atoms in total. The second-order valence-corrected chi connectivity index (χ2v) is 3.91. The summed E-state index contributed by atoms with van der Waals surface area (Å²) in [6, 6.07) is 0. The third kappa shape index (κ3) is 4.77. The lowest BCUT2D eigenvalue weighted by Crippen LogP contribution is -1.95. The van der Waals surface area contributed by atoms with Crippen LogP contribution >= 0.6 is 0 Å². The van der Waals surface area contributed by atoms with Crippen LogP contribution in [0.2, 0.25) is 0 Å². The standard InChI is InChI=1S/C12H22O2/c1-3-4-5-6-7-8-9-10-11-12(13-2)14-11/h3,11-12H,1,4-10H2,2H3. The minimum absolute atomic E-state index is 0.107. The second kappa shape index (κ2) is 7.02. The Hall–Kier alpha value is -0.340. The fourth-order valence-electron chi connectivity index (χ4n) is 1.70. The maximum Gasteiger partial charge on any atom is 0.184 e. The number of unbranched alkanes of at least 4 members (excludes halogenated alkanes) is 5. The first-order valence-electron chi connectivity index (χ1n) is 5.67. The Morgan fingerprint density at radius 3 is 2.57 bits per heavy atom. The highest BCUT2D eigenvalue weighted by Gasteiger charge is 2.37. The molecule has 1 saturated heterocycles. The summed E-state index contributed by atoms with van der Waals surface area (Å²) in [7, 11) is 1.71. The van der Waals surface area contributed by atoms with E-state index in [0.29, 0.717) is 6.10 Å². The molecule has 0 aromatic rings. The van der Waals surface area contributed by atoms with Gasteiger partial charge in [-0.1, -0.05) is 31.8 Å². The van der Waals surface area contributed by atoms with Crippen LogP contribution < -0.4 is 0 Å². The van der Waals surface area contributed by atoms with E-state index in [1.165, 1.54) is 38.5 Å². The van der Waals surface area contributed by atoms with E-state index < -0.39 is 0 Å². The quantitative estimate of drug-likeness (QED) is 0.322. The molecule has 0 N–H and O–H groups in total. The number of ether oxygens (including phenoxy) is 2. The summed E-state index contributed by atoms with van der Waals surface area (Å²) in [5.41, 5.74) is 0. The summed E-state index contributed by atoms with van der Waals surface area (Å²) >= 11 is 0. The number of hydrogen-bond donors (Lipinski definition) is 0. The van der Waals surface area contributed by atoms with Gasteiger partial charge in [0, 0.05) is 7.11 Å². The van der Waals surface area contributed by atoms with E-state index in [0.717, 1.165) is 6.42 Å². The van der Waals surface area contributed by atoms with E-state index >= 15 is 0 Å². The Labute approximate surface area is 87.3 Å². The van der Waals surface area contributed by atoms with Crippen molar-refractivity contribution in [3.05, 3.63) is 12.7 Å². The predicted molar refractivity (Wildman–Crippen MR) is 58.2 cm³/mol. The summed E-state index contributed by atoms with van der Waals surface area (Å²) < 4.78 is 10.3. The van der Waals surface area contributed by atoms with Crippen LogP contribution in [0.15, 0.2) is 12.7 Å². The zero-order chi connectivity index (χ0) is 10.2. The van der Waals surface area contributed by atoms with Crippen LogP contribution in [0.1, 0.15) is 44.9 Å². The molecule has 1 aliphatic heterocycles. The van der Waals surface area contributed by atoms with E-state index in [1.807, 2.05) is 6.08 Å². The zero-order valence-electron chi connectivity index (χ0n) is 9.21. The van der Waals surface area contributed by atoms with Crippen LogP contribution in [-0.4, -0.2) is 19.5 Å². The van der Waals surface area contributed by atoms with Crippen molar-refractivity contribution < 1.29 is 9.47 Å². The molecule has 1 fully saturated rings. The Morgan fingerprint density at radius 1 is 1.21 bits per heavy atom. The van der Waals surface area contributed by atoms with Gasteiger partial charge in [0.25, 0.3) is 0 Å².